The Kier molecular flexibility index (Phi) is 6.20. The summed E-state index contributed by atoms with van der Waals surface area (Å²) in [5, 5.41) is 0. The Morgan fingerprint density at radius 3 is 2.21 bits per heavy atom. The van der Waals surface area contributed by atoms with Crippen LogP contribution in [-0.2, 0) is 17.4 Å². The van der Waals surface area contributed by atoms with Crippen LogP contribution in [0, 0.1) is 5.82 Å². The summed E-state index contributed by atoms with van der Waals surface area (Å²) in [5.41, 5.74) is -0.427. The van der Waals surface area contributed by atoms with Crippen molar-refractivity contribution in [3.63, 3.8) is 0 Å². The van der Waals surface area contributed by atoms with Gasteiger partial charge in [-0.25, -0.2) is 4.39 Å². The lowest BCUT2D eigenvalue weighted by Gasteiger charge is -2.35. The van der Waals surface area contributed by atoms with E-state index >= 15 is 0 Å². The van der Waals surface area contributed by atoms with Crippen molar-refractivity contribution in [2.75, 3.05) is 26.2 Å². The fourth-order valence-corrected chi connectivity index (χ4v) is 3.27. The van der Waals surface area contributed by atoms with Crippen molar-refractivity contribution in [2.45, 2.75) is 19.0 Å². The van der Waals surface area contributed by atoms with Gasteiger partial charge < -0.3 is 9.80 Å². The smallest absolute Gasteiger partial charge is 0.339 e. The van der Waals surface area contributed by atoms with Gasteiger partial charge in [0.2, 0.25) is 5.91 Å². The molecular formula is C21H20F4N2O2. The van der Waals surface area contributed by atoms with Gasteiger partial charge in [-0.15, -0.1) is 0 Å². The van der Waals surface area contributed by atoms with Gasteiger partial charge in [0.15, 0.2) is 0 Å². The Morgan fingerprint density at radius 2 is 1.55 bits per heavy atom. The maximum absolute atomic E-state index is 13.6. The average molecular weight is 408 g/mol. The predicted octanol–water partition coefficient (Wildman–Crippen LogP) is 3.76. The lowest BCUT2D eigenvalue weighted by atomic mass is 10.1. The summed E-state index contributed by atoms with van der Waals surface area (Å²) in [5.74, 6) is -0.981. The molecule has 0 saturated carbocycles. The van der Waals surface area contributed by atoms with Gasteiger partial charge >= 0.3 is 6.18 Å². The maximum Gasteiger partial charge on any atom is 0.416 e. The average Bonchev–Trinajstić information content (AvgIpc) is 2.72. The molecule has 0 unspecified atom stereocenters. The number of aryl methyl sites for hydroxylation is 1. The van der Waals surface area contributed by atoms with Crippen molar-refractivity contribution >= 4 is 11.8 Å². The number of nitrogens with zero attached hydrogens (tertiary/aromatic N) is 2. The number of benzene rings is 2. The van der Waals surface area contributed by atoms with E-state index in [0.29, 0.717) is 18.7 Å². The first-order chi connectivity index (χ1) is 13.8. The first-order valence-electron chi connectivity index (χ1n) is 9.23. The third-order valence-electron chi connectivity index (χ3n) is 4.92. The van der Waals surface area contributed by atoms with Crippen molar-refractivity contribution in [3.05, 3.63) is 71.0 Å². The van der Waals surface area contributed by atoms with E-state index in [9.17, 15) is 27.2 Å². The van der Waals surface area contributed by atoms with Crippen LogP contribution < -0.4 is 0 Å². The second-order valence-corrected chi connectivity index (χ2v) is 6.84. The van der Waals surface area contributed by atoms with Crippen LogP contribution in [0.15, 0.2) is 48.5 Å². The van der Waals surface area contributed by atoms with Crippen molar-refractivity contribution in [2.24, 2.45) is 0 Å². The molecule has 0 bridgehead atoms. The Morgan fingerprint density at radius 1 is 0.897 bits per heavy atom. The van der Waals surface area contributed by atoms with Gasteiger partial charge in [0.25, 0.3) is 5.91 Å². The number of hydrogen-bond donors (Lipinski definition) is 0. The maximum atomic E-state index is 13.6. The largest absolute Gasteiger partial charge is 0.416 e. The Balaban J connectivity index is 1.54. The minimum absolute atomic E-state index is 0.0286. The van der Waals surface area contributed by atoms with E-state index in [4.69, 9.17) is 0 Å². The van der Waals surface area contributed by atoms with E-state index in [1.54, 1.807) is 23.1 Å². The number of hydrogen-bond acceptors (Lipinski definition) is 2. The summed E-state index contributed by atoms with van der Waals surface area (Å²) in [6, 6.07) is 10.6. The predicted molar refractivity (Wildman–Crippen MR) is 98.6 cm³/mol. The molecular weight excluding hydrogens is 388 g/mol. The molecule has 1 aliphatic heterocycles. The number of rotatable bonds is 4. The van der Waals surface area contributed by atoms with Crippen LogP contribution in [0.1, 0.15) is 27.9 Å². The number of carbonyl (C=O) groups is 2. The van der Waals surface area contributed by atoms with Crippen LogP contribution in [0.4, 0.5) is 17.6 Å². The fourth-order valence-electron chi connectivity index (χ4n) is 3.27. The molecule has 1 saturated heterocycles. The third-order valence-corrected chi connectivity index (χ3v) is 4.92. The zero-order valence-corrected chi connectivity index (χ0v) is 15.6. The number of alkyl halides is 3. The van der Waals surface area contributed by atoms with Gasteiger partial charge in [0.1, 0.15) is 5.82 Å². The second-order valence-electron chi connectivity index (χ2n) is 6.84. The topological polar surface area (TPSA) is 40.6 Å². The summed E-state index contributed by atoms with van der Waals surface area (Å²) in [7, 11) is 0. The van der Waals surface area contributed by atoms with Crippen molar-refractivity contribution in [1.82, 2.24) is 9.80 Å². The molecule has 1 aliphatic rings. The Labute approximate surface area is 165 Å². The van der Waals surface area contributed by atoms with Gasteiger partial charge in [-0.05, 0) is 36.2 Å². The molecule has 154 valence electrons. The summed E-state index contributed by atoms with van der Waals surface area (Å²) in [6.07, 6.45) is -4.07. The molecule has 1 heterocycles. The van der Waals surface area contributed by atoms with Gasteiger partial charge in [-0.1, -0.05) is 24.3 Å². The highest BCUT2D eigenvalue weighted by Crippen LogP contribution is 2.29. The van der Waals surface area contributed by atoms with Crippen LogP contribution in [0.25, 0.3) is 0 Å². The van der Waals surface area contributed by atoms with Crippen LogP contribution in [-0.4, -0.2) is 47.8 Å². The van der Waals surface area contributed by atoms with E-state index < -0.39 is 17.6 Å². The third kappa shape index (κ3) is 5.13. The molecule has 0 aromatic heterocycles. The summed E-state index contributed by atoms with van der Waals surface area (Å²) in [4.78, 5) is 27.9. The van der Waals surface area contributed by atoms with E-state index in [1.807, 2.05) is 0 Å². The fraction of sp³-hybridized carbons (Fsp3) is 0.333. The summed E-state index contributed by atoms with van der Waals surface area (Å²) in [6.45, 7) is 1.06. The standard InChI is InChI=1S/C21H20F4N2O2/c22-18-7-2-1-4-15(18)8-9-19(28)26-10-12-27(13-11-26)20(29)16-5-3-6-17(14-16)21(23,24)25/h1-7,14H,8-13H2. The molecule has 8 heteroatoms. The Bertz CT molecular complexity index is 890. The number of amides is 2. The van der Waals surface area contributed by atoms with Gasteiger partial charge in [0, 0.05) is 38.2 Å². The lowest BCUT2D eigenvalue weighted by molar-refractivity contribution is -0.137. The summed E-state index contributed by atoms with van der Waals surface area (Å²) >= 11 is 0. The first-order valence-corrected chi connectivity index (χ1v) is 9.23. The van der Waals surface area contributed by atoms with Gasteiger partial charge in [-0.3, -0.25) is 9.59 Å². The molecule has 29 heavy (non-hydrogen) atoms. The number of carbonyl (C=O) groups excluding carboxylic acids is 2. The van der Waals surface area contributed by atoms with Crippen LogP contribution >= 0.6 is 0 Å². The first kappa shape index (κ1) is 20.8. The molecule has 0 radical (unpaired) electrons. The van der Waals surface area contributed by atoms with Crippen LogP contribution in [0.5, 0.6) is 0 Å². The van der Waals surface area contributed by atoms with Gasteiger partial charge in [0.05, 0.1) is 5.56 Å². The molecule has 0 spiro atoms. The van der Waals surface area contributed by atoms with E-state index in [2.05, 4.69) is 0 Å². The van der Waals surface area contributed by atoms with Crippen molar-refractivity contribution < 1.29 is 27.2 Å². The molecule has 0 aliphatic carbocycles. The zero-order valence-electron chi connectivity index (χ0n) is 15.6. The molecule has 0 N–H and O–H groups in total. The van der Waals surface area contributed by atoms with E-state index in [0.717, 1.165) is 12.1 Å². The molecule has 1 fully saturated rings. The zero-order chi connectivity index (χ0) is 21.0. The molecule has 2 aromatic carbocycles. The van der Waals surface area contributed by atoms with Crippen LogP contribution in [0.3, 0.4) is 0 Å². The monoisotopic (exact) mass is 408 g/mol. The van der Waals surface area contributed by atoms with Crippen molar-refractivity contribution in [1.29, 1.82) is 0 Å². The van der Waals surface area contributed by atoms with E-state index in [-0.39, 0.29) is 43.2 Å². The molecule has 4 nitrogen and oxygen atoms in total. The highest BCUT2D eigenvalue weighted by atomic mass is 19.4. The molecule has 2 amide bonds. The molecule has 3 rings (SSSR count). The second kappa shape index (κ2) is 8.63. The van der Waals surface area contributed by atoms with Gasteiger partial charge in [-0.2, -0.15) is 13.2 Å². The van der Waals surface area contributed by atoms with E-state index in [1.165, 1.54) is 23.1 Å². The number of halogens is 4. The minimum atomic E-state index is -4.51. The van der Waals surface area contributed by atoms with Crippen LogP contribution in [0.2, 0.25) is 0 Å². The highest BCUT2D eigenvalue weighted by molar-refractivity contribution is 5.94. The number of piperazine rings is 1. The van der Waals surface area contributed by atoms with Crippen molar-refractivity contribution in [3.8, 4) is 0 Å². The highest BCUT2D eigenvalue weighted by Gasteiger charge is 2.32. The molecule has 2 aromatic rings. The molecule has 0 atom stereocenters. The SMILES string of the molecule is O=C(CCc1ccccc1F)N1CCN(C(=O)c2cccc(C(F)(F)F)c2)CC1. The quantitative estimate of drug-likeness (QED) is 0.723. The minimum Gasteiger partial charge on any atom is -0.339 e. The summed E-state index contributed by atoms with van der Waals surface area (Å²) < 4.78 is 52.2. The normalized spacial score (nSPS) is 14.8. The lowest BCUT2D eigenvalue weighted by Crippen LogP contribution is -2.50. The Hall–Kier alpha value is -2.90.